The number of phenolic OH excluding ortho intramolecular Hbond substituents is 2. The Morgan fingerprint density at radius 2 is 1.47 bits per heavy atom. The molecule has 2 N–H and O–H groups in total. The lowest BCUT2D eigenvalue weighted by Crippen LogP contribution is -2.07. The van der Waals surface area contributed by atoms with Crippen LogP contribution in [0.3, 0.4) is 0 Å². The first kappa shape index (κ1) is 26.1. The second-order valence-corrected chi connectivity index (χ2v) is 8.09. The van der Waals surface area contributed by atoms with Crippen LogP contribution in [0.1, 0.15) is 102 Å². The minimum Gasteiger partial charge on any atom is -0.504 e. The molecular formula is C26H42O4. The zero-order chi connectivity index (χ0) is 21.9. The summed E-state index contributed by atoms with van der Waals surface area (Å²) >= 11 is 0. The summed E-state index contributed by atoms with van der Waals surface area (Å²) in [5, 5.41) is 19.2. The number of esters is 1. The third kappa shape index (κ3) is 13.3. The van der Waals surface area contributed by atoms with Crippen LogP contribution in [-0.2, 0) is 16.0 Å². The topological polar surface area (TPSA) is 66.8 Å². The molecule has 0 amide bonds. The van der Waals surface area contributed by atoms with Gasteiger partial charge in [-0.2, -0.15) is 0 Å². The van der Waals surface area contributed by atoms with Crippen LogP contribution in [0.2, 0.25) is 0 Å². The maximum atomic E-state index is 11.8. The molecule has 0 spiro atoms. The predicted molar refractivity (Wildman–Crippen MR) is 124 cm³/mol. The minimum absolute atomic E-state index is 0.134. The summed E-state index contributed by atoms with van der Waals surface area (Å²) in [6, 6.07) is 4.81. The Hall–Kier alpha value is -1.97. The van der Waals surface area contributed by atoms with Gasteiger partial charge < -0.3 is 14.9 Å². The summed E-state index contributed by atoms with van der Waals surface area (Å²) in [6.45, 7) is 2.48. The van der Waals surface area contributed by atoms with E-state index in [9.17, 15) is 15.0 Å². The molecule has 0 saturated heterocycles. The number of aromatic hydroxyl groups is 2. The molecule has 170 valence electrons. The molecule has 4 nitrogen and oxygen atoms in total. The number of phenols is 2. The van der Waals surface area contributed by atoms with E-state index in [1.165, 1.54) is 70.3 Å². The van der Waals surface area contributed by atoms with Gasteiger partial charge in [0.25, 0.3) is 0 Å². The van der Waals surface area contributed by atoms with Gasteiger partial charge in [0.05, 0.1) is 6.61 Å². The molecule has 0 saturated carbocycles. The van der Waals surface area contributed by atoms with Crippen molar-refractivity contribution >= 4 is 5.97 Å². The SMILES string of the molecule is CCCCCCCC/C=C/CCCCCCCC(=O)OCCc1cccc(O)c1O. The van der Waals surface area contributed by atoms with Gasteiger partial charge in [-0.25, -0.2) is 0 Å². The third-order valence-electron chi connectivity index (χ3n) is 5.38. The first-order valence-electron chi connectivity index (χ1n) is 12.0. The van der Waals surface area contributed by atoms with E-state index in [2.05, 4.69) is 19.1 Å². The number of hydrogen-bond acceptors (Lipinski definition) is 4. The monoisotopic (exact) mass is 418 g/mol. The van der Waals surface area contributed by atoms with Crippen LogP contribution in [0.15, 0.2) is 30.4 Å². The summed E-state index contributed by atoms with van der Waals surface area (Å²) in [5.74, 6) is -0.467. The molecule has 0 aliphatic heterocycles. The first-order chi connectivity index (χ1) is 14.6. The molecule has 0 heterocycles. The van der Waals surface area contributed by atoms with Crippen LogP contribution >= 0.6 is 0 Å². The lowest BCUT2D eigenvalue weighted by molar-refractivity contribution is -0.143. The maximum Gasteiger partial charge on any atom is 0.305 e. The number of rotatable bonds is 18. The molecule has 30 heavy (non-hydrogen) atoms. The van der Waals surface area contributed by atoms with Crippen molar-refractivity contribution in [3.63, 3.8) is 0 Å². The molecule has 1 aromatic rings. The summed E-state index contributed by atoms with van der Waals surface area (Å²) in [6.07, 6.45) is 21.6. The second kappa shape index (κ2) is 17.9. The van der Waals surface area contributed by atoms with E-state index in [1.807, 2.05) is 0 Å². The van der Waals surface area contributed by atoms with Gasteiger partial charge in [0.1, 0.15) is 0 Å². The van der Waals surface area contributed by atoms with Crippen LogP contribution in [0.5, 0.6) is 11.5 Å². The van der Waals surface area contributed by atoms with E-state index in [0.717, 1.165) is 19.3 Å². The zero-order valence-corrected chi connectivity index (χ0v) is 18.9. The van der Waals surface area contributed by atoms with Crippen molar-refractivity contribution in [3.8, 4) is 11.5 Å². The van der Waals surface area contributed by atoms with Gasteiger partial charge in [0.2, 0.25) is 0 Å². The number of unbranched alkanes of at least 4 members (excludes halogenated alkanes) is 11. The molecule has 1 aromatic carbocycles. The molecule has 1 rings (SSSR count). The van der Waals surface area contributed by atoms with E-state index >= 15 is 0 Å². The van der Waals surface area contributed by atoms with E-state index in [4.69, 9.17) is 4.74 Å². The summed E-state index contributed by atoms with van der Waals surface area (Å²) < 4.78 is 5.22. The molecule has 0 aliphatic carbocycles. The molecule has 0 unspecified atom stereocenters. The molecule has 4 heteroatoms. The first-order valence-corrected chi connectivity index (χ1v) is 12.0. The second-order valence-electron chi connectivity index (χ2n) is 8.09. The van der Waals surface area contributed by atoms with Crippen molar-refractivity contribution in [2.24, 2.45) is 0 Å². The summed E-state index contributed by atoms with van der Waals surface area (Å²) in [4.78, 5) is 11.8. The van der Waals surface area contributed by atoms with Gasteiger partial charge in [-0.05, 0) is 38.2 Å². The molecule has 0 atom stereocenters. The number of carbonyl (C=O) groups is 1. The van der Waals surface area contributed by atoms with Crippen molar-refractivity contribution in [2.75, 3.05) is 6.61 Å². The van der Waals surface area contributed by atoms with Gasteiger partial charge in [-0.3, -0.25) is 4.79 Å². The van der Waals surface area contributed by atoms with Crippen molar-refractivity contribution in [1.82, 2.24) is 0 Å². The fraction of sp³-hybridized carbons (Fsp3) is 0.654. The Balaban J connectivity index is 1.89. The van der Waals surface area contributed by atoms with E-state index < -0.39 is 0 Å². The molecule has 0 fully saturated rings. The predicted octanol–water partition coefficient (Wildman–Crippen LogP) is 7.22. The van der Waals surface area contributed by atoms with E-state index in [-0.39, 0.29) is 24.1 Å². The van der Waals surface area contributed by atoms with E-state index in [0.29, 0.717) is 18.4 Å². The molecule has 0 aromatic heterocycles. The van der Waals surface area contributed by atoms with Crippen LogP contribution in [-0.4, -0.2) is 22.8 Å². The van der Waals surface area contributed by atoms with Gasteiger partial charge in [-0.1, -0.05) is 82.6 Å². The highest BCUT2D eigenvalue weighted by Crippen LogP contribution is 2.28. The molecule has 0 bridgehead atoms. The Bertz CT molecular complexity index is 595. The standard InChI is InChI=1S/C26H42O4/c1-2-3-4-5-6-7-8-9-10-11-12-13-14-15-16-20-25(28)30-22-21-23-18-17-19-24(27)26(23)29/h9-10,17-19,27,29H,2-8,11-16,20-22H2,1H3/b10-9+. The lowest BCUT2D eigenvalue weighted by Gasteiger charge is -2.07. The number of hydrogen-bond donors (Lipinski definition) is 2. The minimum atomic E-state index is -0.188. The van der Waals surface area contributed by atoms with Crippen LogP contribution in [0.4, 0.5) is 0 Å². The average molecular weight is 419 g/mol. The third-order valence-corrected chi connectivity index (χ3v) is 5.38. The largest absolute Gasteiger partial charge is 0.504 e. The van der Waals surface area contributed by atoms with Crippen molar-refractivity contribution in [1.29, 1.82) is 0 Å². The smallest absolute Gasteiger partial charge is 0.305 e. The van der Waals surface area contributed by atoms with Gasteiger partial charge in [0.15, 0.2) is 11.5 Å². The number of para-hydroxylation sites is 1. The Kier molecular flexibility index (Phi) is 15.5. The molecule has 0 radical (unpaired) electrons. The highest BCUT2D eigenvalue weighted by molar-refractivity contribution is 5.69. The summed E-state index contributed by atoms with van der Waals surface area (Å²) in [5.41, 5.74) is 0.587. The van der Waals surface area contributed by atoms with Crippen LogP contribution in [0, 0.1) is 0 Å². The highest BCUT2D eigenvalue weighted by Gasteiger charge is 2.07. The summed E-state index contributed by atoms with van der Waals surface area (Å²) in [7, 11) is 0. The Labute approximate surface area is 183 Å². The van der Waals surface area contributed by atoms with E-state index in [1.54, 1.807) is 12.1 Å². The fourth-order valence-electron chi connectivity index (χ4n) is 3.47. The number of ether oxygens (including phenoxy) is 1. The average Bonchev–Trinajstić information content (AvgIpc) is 2.74. The normalized spacial score (nSPS) is 11.2. The van der Waals surface area contributed by atoms with Gasteiger partial charge in [0, 0.05) is 18.4 Å². The van der Waals surface area contributed by atoms with Crippen molar-refractivity contribution in [2.45, 2.75) is 103 Å². The van der Waals surface area contributed by atoms with Crippen molar-refractivity contribution in [3.05, 3.63) is 35.9 Å². The lowest BCUT2D eigenvalue weighted by atomic mass is 10.1. The number of carbonyl (C=O) groups excluding carboxylic acids is 1. The zero-order valence-electron chi connectivity index (χ0n) is 18.9. The fourth-order valence-corrected chi connectivity index (χ4v) is 3.47. The van der Waals surface area contributed by atoms with Crippen molar-refractivity contribution < 1.29 is 19.7 Å². The number of allylic oxidation sites excluding steroid dienone is 2. The Morgan fingerprint density at radius 3 is 2.13 bits per heavy atom. The van der Waals surface area contributed by atoms with Crippen LogP contribution < -0.4 is 0 Å². The van der Waals surface area contributed by atoms with Gasteiger partial charge in [-0.15, -0.1) is 0 Å². The Morgan fingerprint density at radius 1 is 0.867 bits per heavy atom. The maximum absolute atomic E-state index is 11.8. The number of benzene rings is 1. The van der Waals surface area contributed by atoms with Crippen LogP contribution in [0.25, 0.3) is 0 Å². The molecule has 0 aliphatic rings. The quantitative estimate of drug-likeness (QED) is 0.114. The van der Waals surface area contributed by atoms with Gasteiger partial charge >= 0.3 is 5.97 Å². The molecular weight excluding hydrogens is 376 g/mol. The highest BCUT2D eigenvalue weighted by atomic mass is 16.5.